The van der Waals surface area contributed by atoms with Crippen LogP contribution < -0.4 is 0 Å². The summed E-state index contributed by atoms with van der Waals surface area (Å²) in [6.45, 7) is 9.48. The van der Waals surface area contributed by atoms with Gasteiger partial charge in [0.1, 0.15) is 5.69 Å². The number of hydrogen-bond acceptors (Lipinski definition) is 4. The largest absolute Gasteiger partial charge is 0.379 e. The van der Waals surface area contributed by atoms with Crippen molar-refractivity contribution in [2.24, 2.45) is 0 Å². The summed E-state index contributed by atoms with van der Waals surface area (Å²) in [5.74, 6) is 0.115. The molecule has 0 atom stereocenters. The molecule has 2 aliphatic rings. The Morgan fingerprint density at radius 2 is 1.64 bits per heavy atom. The summed E-state index contributed by atoms with van der Waals surface area (Å²) >= 11 is 0. The number of hydrogen-bond donors (Lipinski definition) is 1. The van der Waals surface area contributed by atoms with Crippen molar-refractivity contribution < 1.29 is 9.53 Å². The summed E-state index contributed by atoms with van der Waals surface area (Å²) < 4.78 is 5.39. The van der Waals surface area contributed by atoms with Crippen LogP contribution in [-0.4, -0.2) is 91.2 Å². The van der Waals surface area contributed by atoms with Crippen LogP contribution >= 0.6 is 0 Å². The van der Waals surface area contributed by atoms with Gasteiger partial charge in [-0.05, 0) is 12.1 Å². The zero-order chi connectivity index (χ0) is 17.1. The number of ether oxygens (including phenoxy) is 1. The molecule has 3 heterocycles. The van der Waals surface area contributed by atoms with Crippen LogP contribution in [-0.2, 0) is 4.74 Å². The van der Waals surface area contributed by atoms with Crippen molar-refractivity contribution in [2.75, 3.05) is 65.6 Å². The SMILES string of the molecule is O=C(c1cc2ccccc2[nH]1)N1CCN(CCN2CCOCC2)CC1. The van der Waals surface area contributed by atoms with Crippen LogP contribution in [0.4, 0.5) is 0 Å². The van der Waals surface area contributed by atoms with E-state index in [0.717, 1.165) is 76.5 Å². The van der Waals surface area contributed by atoms with Crippen LogP contribution in [0.5, 0.6) is 0 Å². The van der Waals surface area contributed by atoms with Crippen LogP contribution in [0.1, 0.15) is 10.5 Å². The number of fused-ring (bicyclic) bond motifs is 1. The van der Waals surface area contributed by atoms with E-state index in [9.17, 15) is 4.79 Å². The fourth-order valence-electron chi connectivity index (χ4n) is 3.64. The summed E-state index contributed by atoms with van der Waals surface area (Å²) in [6, 6.07) is 9.99. The van der Waals surface area contributed by atoms with Crippen molar-refractivity contribution in [1.82, 2.24) is 19.7 Å². The highest BCUT2D eigenvalue weighted by molar-refractivity contribution is 5.98. The molecule has 0 unspecified atom stereocenters. The number of carbonyl (C=O) groups excluding carboxylic acids is 1. The minimum absolute atomic E-state index is 0.115. The molecule has 134 valence electrons. The van der Waals surface area contributed by atoms with Gasteiger partial charge < -0.3 is 14.6 Å². The summed E-state index contributed by atoms with van der Waals surface area (Å²) in [4.78, 5) is 22.9. The van der Waals surface area contributed by atoms with Crippen molar-refractivity contribution in [1.29, 1.82) is 0 Å². The molecule has 0 spiro atoms. The molecule has 2 fully saturated rings. The van der Waals surface area contributed by atoms with E-state index in [1.807, 2.05) is 35.2 Å². The lowest BCUT2D eigenvalue weighted by atomic mass is 10.2. The van der Waals surface area contributed by atoms with Gasteiger partial charge >= 0.3 is 0 Å². The van der Waals surface area contributed by atoms with Gasteiger partial charge in [0.15, 0.2) is 0 Å². The van der Waals surface area contributed by atoms with Crippen molar-refractivity contribution in [3.05, 3.63) is 36.0 Å². The molecule has 1 aromatic carbocycles. The Morgan fingerprint density at radius 3 is 2.36 bits per heavy atom. The average Bonchev–Trinajstić information content (AvgIpc) is 3.11. The monoisotopic (exact) mass is 342 g/mol. The van der Waals surface area contributed by atoms with Gasteiger partial charge in [0, 0.05) is 63.3 Å². The number of H-pyrrole nitrogens is 1. The predicted octanol–water partition coefficient (Wildman–Crippen LogP) is 1.26. The van der Waals surface area contributed by atoms with E-state index in [0.29, 0.717) is 5.69 Å². The van der Waals surface area contributed by atoms with Crippen LogP contribution in [0.3, 0.4) is 0 Å². The van der Waals surface area contributed by atoms with Gasteiger partial charge in [-0.3, -0.25) is 14.6 Å². The van der Waals surface area contributed by atoms with Crippen molar-refractivity contribution in [3.8, 4) is 0 Å². The number of morpholine rings is 1. The molecule has 2 aliphatic heterocycles. The first-order valence-corrected chi connectivity index (χ1v) is 9.19. The normalized spacial score (nSPS) is 20.2. The highest BCUT2D eigenvalue weighted by Crippen LogP contribution is 2.16. The summed E-state index contributed by atoms with van der Waals surface area (Å²) in [7, 11) is 0. The topological polar surface area (TPSA) is 51.8 Å². The molecule has 1 N–H and O–H groups in total. The maximum Gasteiger partial charge on any atom is 0.270 e. The third-order valence-corrected chi connectivity index (χ3v) is 5.26. The molecule has 2 aromatic rings. The molecule has 25 heavy (non-hydrogen) atoms. The second-order valence-electron chi connectivity index (χ2n) is 6.86. The van der Waals surface area contributed by atoms with Crippen molar-refractivity contribution in [3.63, 3.8) is 0 Å². The highest BCUT2D eigenvalue weighted by Gasteiger charge is 2.23. The van der Waals surface area contributed by atoms with Gasteiger partial charge in [0.2, 0.25) is 0 Å². The average molecular weight is 342 g/mol. The number of nitrogens with zero attached hydrogens (tertiary/aromatic N) is 3. The summed E-state index contributed by atoms with van der Waals surface area (Å²) in [5.41, 5.74) is 1.72. The van der Waals surface area contributed by atoms with Crippen LogP contribution in [0.2, 0.25) is 0 Å². The fourth-order valence-corrected chi connectivity index (χ4v) is 3.64. The molecule has 0 aliphatic carbocycles. The number of rotatable bonds is 4. The van der Waals surface area contributed by atoms with Gasteiger partial charge in [-0.1, -0.05) is 18.2 Å². The first-order valence-electron chi connectivity index (χ1n) is 9.19. The number of piperazine rings is 1. The number of aromatic amines is 1. The lowest BCUT2D eigenvalue weighted by Gasteiger charge is -2.36. The van der Waals surface area contributed by atoms with Crippen molar-refractivity contribution >= 4 is 16.8 Å². The van der Waals surface area contributed by atoms with Gasteiger partial charge in [-0.25, -0.2) is 0 Å². The molecular weight excluding hydrogens is 316 g/mol. The second-order valence-corrected chi connectivity index (χ2v) is 6.86. The molecule has 1 amide bonds. The van der Waals surface area contributed by atoms with E-state index in [4.69, 9.17) is 4.74 Å². The van der Waals surface area contributed by atoms with Crippen molar-refractivity contribution in [2.45, 2.75) is 0 Å². The number of benzene rings is 1. The lowest BCUT2D eigenvalue weighted by molar-refractivity contribution is 0.0293. The Hall–Kier alpha value is -1.89. The van der Waals surface area contributed by atoms with Crippen LogP contribution in [0.15, 0.2) is 30.3 Å². The maximum absolute atomic E-state index is 12.7. The summed E-state index contributed by atoms with van der Waals surface area (Å²) in [6.07, 6.45) is 0. The third kappa shape index (κ3) is 3.86. The van der Waals surface area contributed by atoms with Gasteiger partial charge in [-0.15, -0.1) is 0 Å². The Labute approximate surface area is 148 Å². The molecule has 0 bridgehead atoms. The predicted molar refractivity (Wildman–Crippen MR) is 97.9 cm³/mol. The number of nitrogens with one attached hydrogen (secondary N) is 1. The Morgan fingerprint density at radius 1 is 0.960 bits per heavy atom. The fraction of sp³-hybridized carbons (Fsp3) is 0.526. The first-order chi connectivity index (χ1) is 12.3. The maximum atomic E-state index is 12.7. The zero-order valence-electron chi connectivity index (χ0n) is 14.6. The van der Waals surface area contributed by atoms with E-state index in [1.54, 1.807) is 0 Å². The number of para-hydroxylation sites is 1. The number of carbonyl (C=O) groups is 1. The number of amides is 1. The smallest absolute Gasteiger partial charge is 0.270 e. The Kier molecular flexibility index (Phi) is 5.01. The van der Waals surface area contributed by atoms with E-state index in [-0.39, 0.29) is 5.91 Å². The molecular formula is C19H26N4O2. The lowest BCUT2D eigenvalue weighted by Crippen LogP contribution is -2.51. The molecule has 2 saturated heterocycles. The van der Waals surface area contributed by atoms with Gasteiger partial charge in [0.05, 0.1) is 13.2 Å². The zero-order valence-corrected chi connectivity index (χ0v) is 14.6. The van der Waals surface area contributed by atoms with Gasteiger partial charge in [0.25, 0.3) is 5.91 Å². The van der Waals surface area contributed by atoms with E-state index < -0.39 is 0 Å². The van der Waals surface area contributed by atoms with Gasteiger partial charge in [-0.2, -0.15) is 0 Å². The minimum Gasteiger partial charge on any atom is -0.379 e. The minimum atomic E-state index is 0.115. The molecule has 4 rings (SSSR count). The second kappa shape index (κ2) is 7.56. The summed E-state index contributed by atoms with van der Waals surface area (Å²) in [5, 5.41) is 1.09. The first kappa shape index (κ1) is 16.6. The third-order valence-electron chi connectivity index (χ3n) is 5.26. The number of aromatic nitrogens is 1. The molecule has 6 heteroatoms. The van der Waals surface area contributed by atoms with E-state index in [2.05, 4.69) is 14.8 Å². The standard InChI is InChI=1S/C19H26N4O2/c24-19(18-15-16-3-1-2-4-17(16)20-18)23-9-7-21(8-10-23)5-6-22-11-13-25-14-12-22/h1-4,15,20H,5-14H2. The Bertz CT molecular complexity index is 682. The molecule has 0 saturated carbocycles. The van der Waals surface area contributed by atoms with Crippen LogP contribution in [0.25, 0.3) is 10.9 Å². The quantitative estimate of drug-likeness (QED) is 0.909. The molecule has 0 radical (unpaired) electrons. The molecule has 6 nitrogen and oxygen atoms in total. The van der Waals surface area contributed by atoms with E-state index in [1.165, 1.54) is 0 Å². The van der Waals surface area contributed by atoms with Crippen LogP contribution in [0, 0.1) is 0 Å². The Balaban J connectivity index is 1.28. The van der Waals surface area contributed by atoms with E-state index >= 15 is 0 Å². The molecule has 1 aromatic heterocycles. The highest BCUT2D eigenvalue weighted by atomic mass is 16.5.